The summed E-state index contributed by atoms with van der Waals surface area (Å²) in [5, 5.41) is 13.2. The summed E-state index contributed by atoms with van der Waals surface area (Å²) in [5.74, 6) is -1.26. The van der Waals surface area contributed by atoms with E-state index in [1.807, 2.05) is 0 Å². The van der Waals surface area contributed by atoms with E-state index in [4.69, 9.17) is 16.7 Å². The quantitative estimate of drug-likeness (QED) is 0.891. The van der Waals surface area contributed by atoms with Crippen molar-refractivity contribution < 1.29 is 18.3 Å². The van der Waals surface area contributed by atoms with Crippen LogP contribution in [-0.4, -0.2) is 29.3 Å². The molecule has 0 atom stereocenters. The maximum Gasteiger partial charge on any atom is 0.354 e. The van der Waals surface area contributed by atoms with Gasteiger partial charge in [-0.1, -0.05) is 11.6 Å². The Morgan fingerprint density at radius 1 is 1.38 bits per heavy atom. The van der Waals surface area contributed by atoms with Crippen LogP contribution in [0.3, 0.4) is 0 Å². The maximum atomic E-state index is 12.3. The summed E-state index contributed by atoms with van der Waals surface area (Å²) in [6.07, 6.45) is 0. The fourth-order valence-corrected chi connectivity index (χ4v) is 3.27. The van der Waals surface area contributed by atoms with Crippen LogP contribution < -0.4 is 4.72 Å². The van der Waals surface area contributed by atoms with E-state index in [9.17, 15) is 13.2 Å². The number of aromatic carboxylic acids is 1. The minimum atomic E-state index is -3.87. The molecule has 7 nitrogen and oxygen atoms in total. The molecule has 1 heterocycles. The first-order valence-corrected chi connectivity index (χ1v) is 7.63. The summed E-state index contributed by atoms with van der Waals surface area (Å²) in [6.45, 7) is 1.61. The Labute approximate surface area is 126 Å². The minimum absolute atomic E-state index is 0.0504. The molecule has 1 aromatic carbocycles. The zero-order valence-corrected chi connectivity index (χ0v) is 12.7. The van der Waals surface area contributed by atoms with Gasteiger partial charge >= 0.3 is 5.97 Å². The van der Waals surface area contributed by atoms with Crippen molar-refractivity contribution in [2.45, 2.75) is 11.8 Å². The number of aromatic nitrogens is 2. The highest BCUT2D eigenvalue weighted by molar-refractivity contribution is 7.92. The van der Waals surface area contributed by atoms with Crippen LogP contribution >= 0.6 is 11.6 Å². The topological polar surface area (TPSA) is 101 Å². The molecule has 2 rings (SSSR count). The molecule has 0 aliphatic heterocycles. The SMILES string of the molecule is Cc1cc(Cl)ccc1S(=O)(=O)Nc1cc(C(=O)O)n(C)n1. The van der Waals surface area contributed by atoms with Gasteiger partial charge in [0, 0.05) is 18.1 Å². The van der Waals surface area contributed by atoms with Crippen LogP contribution in [0.2, 0.25) is 5.02 Å². The number of carboxylic acids is 1. The van der Waals surface area contributed by atoms with Crippen molar-refractivity contribution in [1.29, 1.82) is 0 Å². The second-order valence-corrected chi connectivity index (χ2v) is 6.45. The lowest BCUT2D eigenvalue weighted by molar-refractivity contribution is 0.0685. The molecule has 0 amide bonds. The van der Waals surface area contributed by atoms with Crippen LogP contribution in [-0.2, 0) is 17.1 Å². The third kappa shape index (κ3) is 3.17. The van der Waals surface area contributed by atoms with Gasteiger partial charge in [0.15, 0.2) is 5.82 Å². The Morgan fingerprint density at radius 3 is 2.57 bits per heavy atom. The van der Waals surface area contributed by atoms with Crippen molar-refractivity contribution in [2.24, 2.45) is 7.05 Å². The molecule has 1 aromatic heterocycles. The highest BCUT2D eigenvalue weighted by Gasteiger charge is 2.20. The molecule has 9 heteroatoms. The molecule has 2 aromatic rings. The van der Waals surface area contributed by atoms with Crippen molar-refractivity contribution >= 4 is 33.4 Å². The third-order valence-corrected chi connectivity index (χ3v) is 4.51. The number of benzene rings is 1. The molecule has 0 fully saturated rings. The van der Waals surface area contributed by atoms with Gasteiger partial charge in [-0.25, -0.2) is 13.2 Å². The number of carbonyl (C=O) groups is 1. The van der Waals surface area contributed by atoms with Gasteiger partial charge in [0.25, 0.3) is 10.0 Å². The number of aryl methyl sites for hydroxylation is 2. The molecule has 0 unspecified atom stereocenters. The number of hydrogen-bond acceptors (Lipinski definition) is 4. The third-order valence-electron chi connectivity index (χ3n) is 2.76. The Hall–Kier alpha value is -2.06. The van der Waals surface area contributed by atoms with Crippen molar-refractivity contribution in [2.75, 3.05) is 4.72 Å². The zero-order valence-electron chi connectivity index (χ0n) is 11.2. The summed E-state index contributed by atoms with van der Waals surface area (Å²) in [5.41, 5.74) is 0.352. The standard InChI is InChI=1S/C12H12ClN3O4S/c1-7-5-8(13)3-4-10(7)21(19,20)15-11-6-9(12(17)18)16(2)14-11/h3-6H,1-2H3,(H,14,15)(H,17,18). The monoisotopic (exact) mass is 329 g/mol. The van der Waals surface area contributed by atoms with E-state index >= 15 is 0 Å². The van der Waals surface area contributed by atoms with Gasteiger partial charge < -0.3 is 5.11 Å². The lowest BCUT2D eigenvalue weighted by Crippen LogP contribution is -2.14. The molecular weight excluding hydrogens is 318 g/mol. The molecule has 0 spiro atoms. The molecular formula is C12H12ClN3O4S. The number of anilines is 1. The number of nitrogens with one attached hydrogen (secondary N) is 1. The molecule has 2 N–H and O–H groups in total. The van der Waals surface area contributed by atoms with Gasteiger partial charge in [0.2, 0.25) is 0 Å². The van der Waals surface area contributed by atoms with Gasteiger partial charge in [0.05, 0.1) is 4.90 Å². The zero-order chi connectivity index (χ0) is 15.8. The van der Waals surface area contributed by atoms with E-state index in [0.29, 0.717) is 10.6 Å². The van der Waals surface area contributed by atoms with E-state index in [-0.39, 0.29) is 16.4 Å². The van der Waals surface area contributed by atoms with Crippen molar-refractivity contribution in [3.8, 4) is 0 Å². The summed E-state index contributed by atoms with van der Waals surface area (Å²) >= 11 is 5.79. The van der Waals surface area contributed by atoms with Crippen LogP contribution in [0, 0.1) is 6.92 Å². The van der Waals surface area contributed by atoms with Gasteiger partial charge in [0.1, 0.15) is 5.69 Å². The first-order chi connectivity index (χ1) is 9.70. The number of rotatable bonds is 4. The fourth-order valence-electron chi connectivity index (χ4n) is 1.82. The average Bonchev–Trinajstić information content (AvgIpc) is 2.68. The molecule has 21 heavy (non-hydrogen) atoms. The van der Waals surface area contributed by atoms with Crippen molar-refractivity contribution in [3.05, 3.63) is 40.5 Å². The molecule has 0 bridgehead atoms. The predicted octanol–water partition coefficient (Wildman–Crippen LogP) is 1.88. The Bertz CT molecular complexity index is 814. The molecule has 0 aliphatic carbocycles. The molecule has 0 aliphatic rings. The lowest BCUT2D eigenvalue weighted by atomic mass is 10.2. The highest BCUT2D eigenvalue weighted by Crippen LogP contribution is 2.22. The van der Waals surface area contributed by atoms with Crippen molar-refractivity contribution in [1.82, 2.24) is 9.78 Å². The van der Waals surface area contributed by atoms with Crippen LogP contribution in [0.1, 0.15) is 16.1 Å². The molecule has 112 valence electrons. The van der Waals surface area contributed by atoms with Crippen LogP contribution in [0.4, 0.5) is 5.82 Å². The van der Waals surface area contributed by atoms with E-state index in [2.05, 4.69) is 9.82 Å². The smallest absolute Gasteiger partial charge is 0.354 e. The Balaban J connectivity index is 2.37. The van der Waals surface area contributed by atoms with Gasteiger partial charge in [-0.15, -0.1) is 0 Å². The van der Waals surface area contributed by atoms with Crippen LogP contribution in [0.25, 0.3) is 0 Å². The van der Waals surface area contributed by atoms with Gasteiger partial charge in [-0.3, -0.25) is 9.40 Å². The maximum absolute atomic E-state index is 12.3. The number of sulfonamides is 1. The van der Waals surface area contributed by atoms with E-state index in [1.54, 1.807) is 6.92 Å². The first-order valence-electron chi connectivity index (χ1n) is 5.77. The van der Waals surface area contributed by atoms with Gasteiger partial charge in [-0.05, 0) is 30.7 Å². The lowest BCUT2D eigenvalue weighted by Gasteiger charge is -2.08. The predicted molar refractivity (Wildman–Crippen MR) is 77.2 cm³/mol. The number of carboxylic acid groups (broad SMARTS) is 1. The summed E-state index contributed by atoms with van der Waals surface area (Å²) in [6, 6.07) is 5.51. The van der Waals surface area contributed by atoms with Crippen LogP contribution in [0.5, 0.6) is 0 Å². The van der Waals surface area contributed by atoms with E-state index in [0.717, 1.165) is 10.7 Å². The summed E-state index contributed by atoms with van der Waals surface area (Å²) < 4.78 is 27.9. The normalized spacial score (nSPS) is 11.4. The molecule has 0 saturated heterocycles. The van der Waals surface area contributed by atoms with E-state index < -0.39 is 16.0 Å². The summed E-state index contributed by atoms with van der Waals surface area (Å²) in [4.78, 5) is 11.0. The molecule has 0 radical (unpaired) electrons. The van der Waals surface area contributed by atoms with Gasteiger partial charge in [-0.2, -0.15) is 5.10 Å². The largest absolute Gasteiger partial charge is 0.477 e. The van der Waals surface area contributed by atoms with Crippen molar-refractivity contribution in [3.63, 3.8) is 0 Å². The highest BCUT2D eigenvalue weighted by atomic mass is 35.5. The Morgan fingerprint density at radius 2 is 2.05 bits per heavy atom. The van der Waals surface area contributed by atoms with E-state index in [1.165, 1.54) is 25.2 Å². The number of halogens is 1. The first kappa shape index (κ1) is 15.3. The summed E-state index contributed by atoms with van der Waals surface area (Å²) in [7, 11) is -2.46. The molecule has 0 saturated carbocycles. The van der Waals surface area contributed by atoms with Crippen LogP contribution in [0.15, 0.2) is 29.2 Å². The Kier molecular flexibility index (Phi) is 3.93. The second-order valence-electron chi connectivity index (χ2n) is 4.36. The number of nitrogens with zero attached hydrogens (tertiary/aromatic N) is 2. The fraction of sp³-hybridized carbons (Fsp3) is 0.167. The minimum Gasteiger partial charge on any atom is -0.477 e. The number of hydrogen-bond donors (Lipinski definition) is 2. The average molecular weight is 330 g/mol. The second kappa shape index (κ2) is 5.38.